The third-order valence-electron chi connectivity index (χ3n) is 3.07. The number of piperazine rings is 1. The van der Waals surface area contributed by atoms with Crippen molar-refractivity contribution in [1.82, 2.24) is 9.91 Å². The highest BCUT2D eigenvalue weighted by Crippen LogP contribution is 2.29. The third-order valence-corrected chi connectivity index (χ3v) is 3.07. The van der Waals surface area contributed by atoms with Gasteiger partial charge >= 0.3 is 0 Å². The van der Waals surface area contributed by atoms with Crippen LogP contribution in [0.2, 0.25) is 0 Å². The summed E-state index contributed by atoms with van der Waals surface area (Å²) in [4.78, 5) is 2.31. The molecule has 3 N–H and O–H groups in total. The highest BCUT2D eigenvalue weighted by atomic mass is 16.5. The normalized spacial score (nSPS) is 18.0. The molecule has 1 aromatic rings. The molecule has 0 spiro atoms. The second-order valence-electron chi connectivity index (χ2n) is 4.32. The lowest BCUT2D eigenvalue weighted by Crippen LogP contribution is -2.47. The molecule has 1 heterocycles. The Morgan fingerprint density at radius 1 is 1.24 bits per heavy atom. The van der Waals surface area contributed by atoms with Gasteiger partial charge in [0.1, 0.15) is 5.75 Å². The Morgan fingerprint density at radius 2 is 1.94 bits per heavy atom. The molecule has 5 heteroatoms. The number of likely N-dealkylation sites (N-methyl/N-ethyl adjacent to an activating group) is 1. The van der Waals surface area contributed by atoms with Crippen molar-refractivity contribution >= 4 is 11.4 Å². The van der Waals surface area contributed by atoms with Crippen LogP contribution in [0.25, 0.3) is 0 Å². The summed E-state index contributed by atoms with van der Waals surface area (Å²) >= 11 is 0. The molecule has 5 nitrogen and oxygen atoms in total. The van der Waals surface area contributed by atoms with Crippen molar-refractivity contribution in [3.05, 3.63) is 18.2 Å². The summed E-state index contributed by atoms with van der Waals surface area (Å²) in [6.45, 7) is 4.12. The number of para-hydroxylation sites is 1. The Bertz CT molecular complexity index is 375. The number of benzene rings is 1. The van der Waals surface area contributed by atoms with Gasteiger partial charge in [0.2, 0.25) is 0 Å². The first kappa shape index (κ1) is 12.0. The zero-order chi connectivity index (χ0) is 12.3. The molecule has 94 valence electrons. The van der Waals surface area contributed by atoms with Gasteiger partial charge in [0.05, 0.1) is 18.5 Å². The number of hydrogen-bond acceptors (Lipinski definition) is 5. The van der Waals surface area contributed by atoms with E-state index in [4.69, 9.17) is 10.5 Å². The summed E-state index contributed by atoms with van der Waals surface area (Å²) in [6.07, 6.45) is 0. The van der Waals surface area contributed by atoms with Crippen LogP contribution in [0.5, 0.6) is 5.75 Å². The Balaban J connectivity index is 2.03. The molecule has 1 aliphatic heterocycles. The van der Waals surface area contributed by atoms with Crippen LogP contribution in [-0.4, -0.2) is 50.2 Å². The Morgan fingerprint density at radius 3 is 2.59 bits per heavy atom. The van der Waals surface area contributed by atoms with Crippen molar-refractivity contribution < 1.29 is 4.74 Å². The molecule has 0 aromatic heterocycles. The van der Waals surface area contributed by atoms with E-state index in [2.05, 4.69) is 22.4 Å². The standard InChI is InChI=1S/C12H20N4O/c1-15-6-8-16(9-7-15)14-10-4-3-5-11(17-2)12(10)13/h3-5,14H,6-9,13H2,1-2H3. The molecule has 1 fully saturated rings. The van der Waals surface area contributed by atoms with E-state index in [1.54, 1.807) is 7.11 Å². The molecule has 0 amide bonds. The maximum absolute atomic E-state index is 6.01. The topological polar surface area (TPSA) is 53.8 Å². The van der Waals surface area contributed by atoms with Gasteiger partial charge in [0.15, 0.2) is 0 Å². The fourth-order valence-corrected chi connectivity index (χ4v) is 1.91. The monoisotopic (exact) mass is 236 g/mol. The maximum atomic E-state index is 6.01. The number of anilines is 2. The molecule has 2 rings (SSSR count). The highest BCUT2D eigenvalue weighted by molar-refractivity contribution is 5.72. The first-order valence-electron chi connectivity index (χ1n) is 5.83. The quantitative estimate of drug-likeness (QED) is 0.762. The van der Waals surface area contributed by atoms with Gasteiger partial charge in [-0.05, 0) is 19.2 Å². The van der Waals surface area contributed by atoms with Gasteiger partial charge < -0.3 is 20.8 Å². The zero-order valence-electron chi connectivity index (χ0n) is 10.4. The number of hydrazine groups is 1. The number of ether oxygens (including phenoxy) is 1. The average molecular weight is 236 g/mol. The van der Waals surface area contributed by atoms with Crippen molar-refractivity contribution in [1.29, 1.82) is 0 Å². The smallest absolute Gasteiger partial charge is 0.143 e. The van der Waals surface area contributed by atoms with Crippen LogP contribution in [0.4, 0.5) is 11.4 Å². The van der Waals surface area contributed by atoms with Gasteiger partial charge in [-0.2, -0.15) is 0 Å². The van der Waals surface area contributed by atoms with E-state index in [-0.39, 0.29) is 0 Å². The molecule has 0 saturated carbocycles. The number of nitrogens with two attached hydrogens (primary N) is 1. The second kappa shape index (κ2) is 5.25. The van der Waals surface area contributed by atoms with Crippen LogP contribution in [0.1, 0.15) is 0 Å². The second-order valence-corrected chi connectivity index (χ2v) is 4.32. The van der Waals surface area contributed by atoms with Crippen LogP contribution in [0.3, 0.4) is 0 Å². The molecular weight excluding hydrogens is 216 g/mol. The van der Waals surface area contributed by atoms with Crippen molar-refractivity contribution in [2.75, 3.05) is 51.5 Å². The van der Waals surface area contributed by atoms with E-state index in [1.165, 1.54) is 0 Å². The number of rotatable bonds is 3. The lowest BCUT2D eigenvalue weighted by Gasteiger charge is -2.33. The molecule has 0 bridgehead atoms. The van der Waals surface area contributed by atoms with Gasteiger partial charge in [0, 0.05) is 26.2 Å². The van der Waals surface area contributed by atoms with Crippen LogP contribution in [-0.2, 0) is 0 Å². The summed E-state index contributed by atoms with van der Waals surface area (Å²) in [7, 11) is 3.77. The van der Waals surface area contributed by atoms with Crippen LogP contribution >= 0.6 is 0 Å². The molecule has 0 radical (unpaired) electrons. The van der Waals surface area contributed by atoms with E-state index in [9.17, 15) is 0 Å². The van der Waals surface area contributed by atoms with Crippen molar-refractivity contribution in [2.45, 2.75) is 0 Å². The molecule has 0 aliphatic carbocycles. The Hall–Kier alpha value is -1.46. The van der Waals surface area contributed by atoms with Gasteiger partial charge in [-0.1, -0.05) is 6.07 Å². The molecule has 1 aromatic carbocycles. The molecule has 1 aliphatic rings. The van der Waals surface area contributed by atoms with Crippen LogP contribution in [0.15, 0.2) is 18.2 Å². The lowest BCUT2D eigenvalue weighted by atomic mass is 10.2. The molecular formula is C12H20N4O. The summed E-state index contributed by atoms with van der Waals surface area (Å²) in [6, 6.07) is 5.77. The van der Waals surface area contributed by atoms with E-state index < -0.39 is 0 Å². The summed E-state index contributed by atoms with van der Waals surface area (Å²) in [5.41, 5.74) is 10.9. The van der Waals surface area contributed by atoms with Gasteiger partial charge in [0.25, 0.3) is 0 Å². The number of nitrogens with one attached hydrogen (secondary N) is 1. The Kier molecular flexibility index (Phi) is 3.71. The fourth-order valence-electron chi connectivity index (χ4n) is 1.91. The lowest BCUT2D eigenvalue weighted by molar-refractivity contribution is 0.179. The molecule has 0 unspecified atom stereocenters. The predicted molar refractivity (Wildman–Crippen MR) is 70.1 cm³/mol. The van der Waals surface area contributed by atoms with E-state index in [1.807, 2.05) is 18.2 Å². The van der Waals surface area contributed by atoms with E-state index in [0.29, 0.717) is 11.4 Å². The highest BCUT2D eigenvalue weighted by Gasteiger charge is 2.15. The van der Waals surface area contributed by atoms with Gasteiger partial charge in [-0.3, -0.25) is 0 Å². The minimum atomic E-state index is 0.661. The zero-order valence-corrected chi connectivity index (χ0v) is 10.4. The van der Waals surface area contributed by atoms with Crippen LogP contribution < -0.4 is 15.9 Å². The number of hydrogen-bond donors (Lipinski definition) is 2. The summed E-state index contributed by atoms with van der Waals surface area (Å²) in [5.74, 6) is 0.712. The first-order valence-corrected chi connectivity index (χ1v) is 5.83. The minimum absolute atomic E-state index is 0.661. The van der Waals surface area contributed by atoms with Crippen molar-refractivity contribution in [3.8, 4) is 5.75 Å². The van der Waals surface area contributed by atoms with E-state index >= 15 is 0 Å². The summed E-state index contributed by atoms with van der Waals surface area (Å²) < 4.78 is 5.20. The first-order chi connectivity index (χ1) is 8.20. The van der Waals surface area contributed by atoms with Crippen molar-refractivity contribution in [2.24, 2.45) is 0 Å². The number of nitrogens with zero attached hydrogens (tertiary/aromatic N) is 2. The van der Waals surface area contributed by atoms with Crippen molar-refractivity contribution in [3.63, 3.8) is 0 Å². The average Bonchev–Trinajstić information content (AvgIpc) is 2.35. The summed E-state index contributed by atoms with van der Waals surface area (Å²) in [5, 5.41) is 2.19. The van der Waals surface area contributed by atoms with Gasteiger partial charge in [-0.25, -0.2) is 5.01 Å². The Labute approximate surface area is 102 Å². The third kappa shape index (κ3) is 2.81. The molecule has 1 saturated heterocycles. The SMILES string of the molecule is COc1cccc(NN2CCN(C)CC2)c1N. The van der Waals surface area contributed by atoms with Crippen LogP contribution in [0, 0.1) is 0 Å². The number of nitrogen functional groups attached to an aromatic ring is 1. The predicted octanol–water partition coefficient (Wildman–Crippen LogP) is 0.852. The fraction of sp³-hybridized carbons (Fsp3) is 0.500. The maximum Gasteiger partial charge on any atom is 0.143 e. The molecule has 0 atom stereocenters. The minimum Gasteiger partial charge on any atom is -0.495 e. The largest absolute Gasteiger partial charge is 0.495 e. The van der Waals surface area contributed by atoms with E-state index in [0.717, 1.165) is 31.9 Å². The number of methoxy groups -OCH3 is 1. The molecule has 17 heavy (non-hydrogen) atoms. The van der Waals surface area contributed by atoms with Gasteiger partial charge in [-0.15, -0.1) is 0 Å².